The summed E-state index contributed by atoms with van der Waals surface area (Å²) in [5.74, 6) is -0.291. The lowest BCUT2D eigenvalue weighted by atomic mass is 9.94. The first-order valence-electron chi connectivity index (χ1n) is 9.59. The van der Waals surface area contributed by atoms with E-state index in [-0.39, 0.29) is 29.8 Å². The molecule has 2 rings (SSSR count). The fourth-order valence-corrected chi connectivity index (χ4v) is 3.17. The van der Waals surface area contributed by atoms with Gasteiger partial charge in [0.05, 0.1) is 0 Å². The molecule has 150 valence electrons. The minimum absolute atomic E-state index is 0.0476. The molecule has 27 heavy (non-hydrogen) atoms. The number of nitrogens with zero attached hydrogens (tertiary/aromatic N) is 2. The van der Waals surface area contributed by atoms with Crippen LogP contribution in [0.4, 0.5) is 9.18 Å². The van der Waals surface area contributed by atoms with Crippen molar-refractivity contribution in [1.29, 1.82) is 0 Å². The predicted molar refractivity (Wildman–Crippen MR) is 103 cm³/mol. The van der Waals surface area contributed by atoms with E-state index in [1.165, 1.54) is 12.1 Å². The van der Waals surface area contributed by atoms with Gasteiger partial charge in [0.15, 0.2) is 0 Å². The molecule has 1 heterocycles. The summed E-state index contributed by atoms with van der Waals surface area (Å²) in [5.41, 5.74) is 0.387. The summed E-state index contributed by atoms with van der Waals surface area (Å²) in [6, 6.07) is 6.30. The van der Waals surface area contributed by atoms with E-state index in [4.69, 9.17) is 4.74 Å². The van der Waals surface area contributed by atoms with Crippen molar-refractivity contribution >= 4 is 12.0 Å². The molecule has 0 bridgehead atoms. The monoisotopic (exact) mass is 378 g/mol. The van der Waals surface area contributed by atoms with Gasteiger partial charge in [-0.3, -0.25) is 4.79 Å². The minimum atomic E-state index is -0.520. The number of likely N-dealkylation sites (tertiary alicyclic amines) is 1. The molecule has 0 aliphatic carbocycles. The van der Waals surface area contributed by atoms with Gasteiger partial charge < -0.3 is 14.5 Å². The molecule has 1 aliphatic heterocycles. The van der Waals surface area contributed by atoms with Crippen molar-refractivity contribution in [3.05, 3.63) is 35.6 Å². The molecular formula is C21H31FN2O3. The van der Waals surface area contributed by atoms with Gasteiger partial charge in [-0.15, -0.1) is 0 Å². The number of amides is 2. The average Bonchev–Trinajstić information content (AvgIpc) is 2.59. The van der Waals surface area contributed by atoms with Crippen LogP contribution in [0.5, 0.6) is 0 Å². The highest BCUT2D eigenvalue weighted by Gasteiger charge is 2.32. The van der Waals surface area contributed by atoms with Crippen molar-refractivity contribution in [3.63, 3.8) is 0 Å². The highest BCUT2D eigenvalue weighted by atomic mass is 19.1. The Bertz CT molecular complexity index is 644. The van der Waals surface area contributed by atoms with E-state index in [9.17, 15) is 14.0 Å². The Morgan fingerprint density at radius 2 is 1.74 bits per heavy atom. The number of halogens is 1. The van der Waals surface area contributed by atoms with Crippen LogP contribution in [0.1, 0.15) is 53.0 Å². The molecule has 0 radical (unpaired) electrons. The molecule has 0 spiro atoms. The minimum Gasteiger partial charge on any atom is -0.444 e. The molecule has 0 aromatic heterocycles. The fourth-order valence-electron chi connectivity index (χ4n) is 3.17. The van der Waals surface area contributed by atoms with Crippen LogP contribution in [0.2, 0.25) is 0 Å². The first-order chi connectivity index (χ1) is 12.6. The van der Waals surface area contributed by atoms with E-state index in [0.717, 1.165) is 5.56 Å². The van der Waals surface area contributed by atoms with E-state index in [1.54, 1.807) is 17.0 Å². The Kier molecular flexibility index (Phi) is 6.84. The zero-order valence-electron chi connectivity index (χ0n) is 17.0. The Morgan fingerprint density at radius 1 is 1.19 bits per heavy atom. The summed E-state index contributed by atoms with van der Waals surface area (Å²) in [6.07, 6.45) is 0.940. The van der Waals surface area contributed by atoms with Crippen molar-refractivity contribution in [3.8, 4) is 0 Å². The summed E-state index contributed by atoms with van der Waals surface area (Å²) in [5, 5.41) is 0. The lowest BCUT2D eigenvalue weighted by Gasteiger charge is -2.36. The van der Waals surface area contributed by atoms with Gasteiger partial charge in [-0.1, -0.05) is 12.1 Å². The third-order valence-electron chi connectivity index (χ3n) is 4.67. The van der Waals surface area contributed by atoms with Crippen LogP contribution < -0.4 is 0 Å². The van der Waals surface area contributed by atoms with Crippen molar-refractivity contribution in [2.75, 3.05) is 13.1 Å². The first kappa shape index (κ1) is 21.2. The fraction of sp³-hybridized carbons (Fsp3) is 0.619. The molecule has 2 amide bonds. The van der Waals surface area contributed by atoms with E-state index < -0.39 is 5.60 Å². The number of carbonyl (C=O) groups excluding carboxylic acids is 2. The Labute approximate surface area is 161 Å². The van der Waals surface area contributed by atoms with Crippen LogP contribution in [0.3, 0.4) is 0 Å². The molecule has 0 atom stereocenters. The summed E-state index contributed by atoms with van der Waals surface area (Å²) >= 11 is 0. The predicted octanol–water partition coefficient (Wildman–Crippen LogP) is 4.21. The summed E-state index contributed by atoms with van der Waals surface area (Å²) < 4.78 is 18.5. The van der Waals surface area contributed by atoms with Crippen LogP contribution in [-0.2, 0) is 16.1 Å². The lowest BCUT2D eigenvalue weighted by Crippen LogP contribution is -2.47. The molecule has 1 fully saturated rings. The molecule has 6 heteroatoms. The average molecular weight is 378 g/mol. The maximum absolute atomic E-state index is 13.1. The maximum Gasteiger partial charge on any atom is 0.410 e. The second kappa shape index (κ2) is 8.72. The summed E-state index contributed by atoms with van der Waals surface area (Å²) in [7, 11) is 0. The molecule has 0 N–H and O–H groups in total. The number of carbonyl (C=O) groups is 2. The second-order valence-electron chi connectivity index (χ2n) is 8.43. The molecule has 1 saturated heterocycles. The zero-order chi connectivity index (χ0) is 20.2. The van der Waals surface area contributed by atoms with Gasteiger partial charge in [0.2, 0.25) is 5.91 Å². The maximum atomic E-state index is 13.1. The lowest BCUT2D eigenvalue weighted by molar-refractivity contribution is -0.139. The van der Waals surface area contributed by atoms with E-state index >= 15 is 0 Å². The molecular weight excluding hydrogens is 347 g/mol. The number of piperidine rings is 1. The molecule has 1 aromatic carbocycles. The Balaban J connectivity index is 1.95. The SMILES string of the molecule is CC(C)N(Cc1ccc(F)cc1)C(=O)C1CCN(C(=O)OC(C)(C)C)CC1. The van der Waals surface area contributed by atoms with Crippen molar-refractivity contribution in [1.82, 2.24) is 9.80 Å². The Hall–Kier alpha value is -2.11. The number of benzene rings is 1. The van der Waals surface area contributed by atoms with Crippen LogP contribution in [0, 0.1) is 11.7 Å². The summed E-state index contributed by atoms with van der Waals surface area (Å²) in [4.78, 5) is 28.7. The van der Waals surface area contributed by atoms with Gasteiger partial charge in [0.1, 0.15) is 11.4 Å². The number of hydrogen-bond acceptors (Lipinski definition) is 3. The van der Waals surface area contributed by atoms with Gasteiger partial charge in [0.25, 0.3) is 0 Å². The number of ether oxygens (including phenoxy) is 1. The van der Waals surface area contributed by atoms with Crippen LogP contribution in [0.15, 0.2) is 24.3 Å². The number of hydrogen-bond donors (Lipinski definition) is 0. The zero-order valence-corrected chi connectivity index (χ0v) is 17.0. The Morgan fingerprint density at radius 3 is 2.22 bits per heavy atom. The van der Waals surface area contributed by atoms with Crippen LogP contribution in [0.25, 0.3) is 0 Å². The molecule has 1 aromatic rings. The summed E-state index contributed by atoms with van der Waals surface area (Å²) in [6.45, 7) is 11.0. The normalized spacial score (nSPS) is 15.7. The third kappa shape index (κ3) is 6.22. The second-order valence-corrected chi connectivity index (χ2v) is 8.43. The van der Waals surface area contributed by atoms with Gasteiger partial charge in [-0.05, 0) is 65.2 Å². The van der Waals surface area contributed by atoms with Crippen LogP contribution >= 0.6 is 0 Å². The van der Waals surface area contributed by atoms with Crippen molar-refractivity contribution < 1.29 is 18.7 Å². The highest BCUT2D eigenvalue weighted by molar-refractivity contribution is 5.79. The highest BCUT2D eigenvalue weighted by Crippen LogP contribution is 2.23. The van der Waals surface area contributed by atoms with E-state index in [2.05, 4.69) is 0 Å². The largest absolute Gasteiger partial charge is 0.444 e. The van der Waals surface area contributed by atoms with Crippen molar-refractivity contribution in [2.45, 2.75) is 65.6 Å². The first-order valence-corrected chi connectivity index (χ1v) is 9.59. The van der Waals surface area contributed by atoms with E-state index in [1.807, 2.05) is 39.5 Å². The molecule has 1 aliphatic rings. The van der Waals surface area contributed by atoms with E-state index in [0.29, 0.717) is 32.5 Å². The topological polar surface area (TPSA) is 49.9 Å². The van der Waals surface area contributed by atoms with Crippen LogP contribution in [-0.4, -0.2) is 46.5 Å². The standard InChI is InChI=1S/C21H31FN2O3/c1-15(2)24(14-16-6-8-18(22)9-7-16)19(25)17-10-12-23(13-11-17)20(26)27-21(3,4)5/h6-9,15,17H,10-14H2,1-5H3. The third-order valence-corrected chi connectivity index (χ3v) is 4.67. The van der Waals surface area contributed by atoms with Gasteiger partial charge >= 0.3 is 6.09 Å². The van der Waals surface area contributed by atoms with Gasteiger partial charge in [0, 0.05) is 31.6 Å². The number of rotatable bonds is 4. The van der Waals surface area contributed by atoms with Crippen molar-refractivity contribution in [2.24, 2.45) is 5.92 Å². The molecule has 0 unspecified atom stereocenters. The quantitative estimate of drug-likeness (QED) is 0.789. The molecule has 5 nitrogen and oxygen atoms in total. The smallest absolute Gasteiger partial charge is 0.410 e. The van der Waals surface area contributed by atoms with Gasteiger partial charge in [-0.2, -0.15) is 0 Å². The van der Waals surface area contributed by atoms with Gasteiger partial charge in [-0.25, -0.2) is 9.18 Å². The molecule has 0 saturated carbocycles.